The highest BCUT2D eigenvalue weighted by Gasteiger charge is 2.23. The van der Waals surface area contributed by atoms with Crippen LogP contribution >= 0.6 is 0 Å². The number of benzene rings is 2. The van der Waals surface area contributed by atoms with Crippen molar-refractivity contribution in [2.45, 2.75) is 20.0 Å². The molecule has 8 nitrogen and oxygen atoms in total. The molecule has 2 rings (SSSR count). The standard InChI is InChI=1S/C21H23NO7/c1-12(23)14-6-8-15(9-7-14)22-20(24)13(2)29-21(25)16-10-18(27-4)19(28-5)11-17(16)26-3/h6-11,13H,1-5H3,(H,22,24). The summed E-state index contributed by atoms with van der Waals surface area (Å²) < 4.78 is 20.9. The molecule has 1 N–H and O–H groups in total. The summed E-state index contributed by atoms with van der Waals surface area (Å²) in [6.07, 6.45) is -1.08. The van der Waals surface area contributed by atoms with Crippen LogP contribution in [0.4, 0.5) is 5.69 Å². The molecule has 29 heavy (non-hydrogen) atoms. The molecule has 8 heteroatoms. The monoisotopic (exact) mass is 401 g/mol. The molecule has 0 aliphatic heterocycles. The Morgan fingerprint density at radius 2 is 1.41 bits per heavy atom. The van der Waals surface area contributed by atoms with E-state index in [1.54, 1.807) is 24.3 Å². The van der Waals surface area contributed by atoms with Gasteiger partial charge in [-0.3, -0.25) is 9.59 Å². The van der Waals surface area contributed by atoms with E-state index in [9.17, 15) is 14.4 Å². The average molecular weight is 401 g/mol. The molecule has 0 aliphatic rings. The van der Waals surface area contributed by atoms with Crippen molar-refractivity contribution >= 4 is 23.3 Å². The number of esters is 1. The molecule has 0 radical (unpaired) electrons. The molecule has 2 aromatic carbocycles. The molecule has 0 spiro atoms. The van der Waals surface area contributed by atoms with E-state index >= 15 is 0 Å². The largest absolute Gasteiger partial charge is 0.496 e. The lowest BCUT2D eigenvalue weighted by Crippen LogP contribution is -2.30. The highest BCUT2D eigenvalue weighted by molar-refractivity contribution is 5.99. The quantitative estimate of drug-likeness (QED) is 0.536. The Kier molecular flexibility index (Phi) is 7.19. The van der Waals surface area contributed by atoms with Gasteiger partial charge in [0.1, 0.15) is 11.3 Å². The van der Waals surface area contributed by atoms with E-state index in [-0.39, 0.29) is 17.1 Å². The van der Waals surface area contributed by atoms with Crippen molar-refractivity contribution < 1.29 is 33.3 Å². The van der Waals surface area contributed by atoms with Crippen LogP contribution < -0.4 is 19.5 Å². The number of carbonyl (C=O) groups excluding carboxylic acids is 3. The van der Waals surface area contributed by atoms with Gasteiger partial charge < -0.3 is 24.3 Å². The zero-order chi connectivity index (χ0) is 21.6. The molecule has 0 saturated carbocycles. The summed E-state index contributed by atoms with van der Waals surface area (Å²) in [5.74, 6) is -0.413. The topological polar surface area (TPSA) is 100 Å². The Bertz CT molecular complexity index is 906. The van der Waals surface area contributed by atoms with E-state index in [0.29, 0.717) is 22.7 Å². The number of Topliss-reactive ketones (excluding diaryl/α,β-unsaturated/α-hetero) is 1. The normalized spacial score (nSPS) is 11.2. The molecule has 0 aromatic heterocycles. The number of amides is 1. The zero-order valence-corrected chi connectivity index (χ0v) is 16.9. The van der Waals surface area contributed by atoms with Gasteiger partial charge in [0.15, 0.2) is 23.4 Å². The van der Waals surface area contributed by atoms with Gasteiger partial charge in [0.05, 0.1) is 21.3 Å². The number of hydrogen-bond acceptors (Lipinski definition) is 7. The van der Waals surface area contributed by atoms with Crippen LogP contribution in [0.2, 0.25) is 0 Å². The Morgan fingerprint density at radius 1 is 0.862 bits per heavy atom. The average Bonchev–Trinajstić information content (AvgIpc) is 2.72. The maximum Gasteiger partial charge on any atom is 0.342 e. The van der Waals surface area contributed by atoms with Crippen LogP contribution in [0.25, 0.3) is 0 Å². The first-order valence-electron chi connectivity index (χ1n) is 8.73. The smallest absolute Gasteiger partial charge is 0.342 e. The van der Waals surface area contributed by atoms with Crippen molar-refractivity contribution in [3.8, 4) is 17.2 Å². The maximum absolute atomic E-state index is 12.6. The number of anilines is 1. The first-order chi connectivity index (χ1) is 13.8. The lowest BCUT2D eigenvalue weighted by Gasteiger charge is -2.16. The van der Waals surface area contributed by atoms with Crippen LogP contribution in [0.5, 0.6) is 17.2 Å². The van der Waals surface area contributed by atoms with Gasteiger partial charge >= 0.3 is 5.97 Å². The molecule has 1 amide bonds. The van der Waals surface area contributed by atoms with Gasteiger partial charge in [-0.25, -0.2) is 4.79 Å². The molecule has 2 aromatic rings. The molecule has 0 heterocycles. The second-order valence-corrected chi connectivity index (χ2v) is 6.08. The third kappa shape index (κ3) is 5.25. The first kappa shape index (κ1) is 21.7. The van der Waals surface area contributed by atoms with Gasteiger partial charge in [0.2, 0.25) is 0 Å². The minimum absolute atomic E-state index is 0.0750. The molecule has 0 saturated heterocycles. The lowest BCUT2D eigenvalue weighted by molar-refractivity contribution is -0.123. The van der Waals surface area contributed by atoms with Crippen molar-refractivity contribution in [3.05, 3.63) is 47.5 Å². The predicted molar refractivity (Wildman–Crippen MR) is 106 cm³/mol. The third-order valence-corrected chi connectivity index (χ3v) is 4.14. The molecular weight excluding hydrogens is 378 g/mol. The minimum Gasteiger partial charge on any atom is -0.496 e. The van der Waals surface area contributed by atoms with Gasteiger partial charge in [0, 0.05) is 23.4 Å². The third-order valence-electron chi connectivity index (χ3n) is 4.14. The second kappa shape index (κ2) is 9.59. The predicted octanol–water partition coefficient (Wildman–Crippen LogP) is 3.10. The van der Waals surface area contributed by atoms with Gasteiger partial charge in [-0.05, 0) is 38.1 Å². The number of rotatable bonds is 8. The summed E-state index contributed by atoms with van der Waals surface area (Å²) in [5.41, 5.74) is 1.10. The van der Waals surface area contributed by atoms with E-state index in [2.05, 4.69) is 5.32 Å². The van der Waals surface area contributed by atoms with Crippen molar-refractivity contribution in [1.82, 2.24) is 0 Å². The number of ketones is 1. The van der Waals surface area contributed by atoms with Gasteiger partial charge in [-0.2, -0.15) is 0 Å². The second-order valence-electron chi connectivity index (χ2n) is 6.08. The fourth-order valence-corrected chi connectivity index (χ4v) is 2.50. The van der Waals surface area contributed by atoms with Gasteiger partial charge in [-0.1, -0.05) is 0 Å². The SMILES string of the molecule is COc1cc(OC)c(C(=O)OC(C)C(=O)Nc2ccc(C(C)=O)cc2)cc1OC. The number of methoxy groups -OCH3 is 3. The Morgan fingerprint density at radius 3 is 1.93 bits per heavy atom. The number of hydrogen-bond donors (Lipinski definition) is 1. The van der Waals surface area contributed by atoms with E-state index in [0.717, 1.165) is 0 Å². The Labute approximate surface area is 168 Å². The molecule has 0 aliphatic carbocycles. The van der Waals surface area contributed by atoms with Crippen LogP contribution in [0.15, 0.2) is 36.4 Å². The lowest BCUT2D eigenvalue weighted by atomic mass is 10.1. The summed E-state index contributed by atoms with van der Waals surface area (Å²) >= 11 is 0. The van der Waals surface area contributed by atoms with Crippen molar-refractivity contribution in [2.24, 2.45) is 0 Å². The number of nitrogens with one attached hydrogen (secondary N) is 1. The van der Waals surface area contributed by atoms with Crippen LogP contribution in [0, 0.1) is 0 Å². The Hall–Kier alpha value is -3.55. The summed E-state index contributed by atoms with van der Waals surface area (Å²) in [7, 11) is 4.30. The van der Waals surface area contributed by atoms with E-state index in [1.165, 1.54) is 47.3 Å². The molecule has 0 bridgehead atoms. The first-order valence-corrected chi connectivity index (χ1v) is 8.73. The van der Waals surface area contributed by atoms with E-state index in [4.69, 9.17) is 18.9 Å². The van der Waals surface area contributed by atoms with Crippen molar-refractivity contribution in [2.75, 3.05) is 26.6 Å². The molecule has 1 unspecified atom stereocenters. The summed E-state index contributed by atoms with van der Waals surface area (Å²) in [4.78, 5) is 36.2. The van der Waals surface area contributed by atoms with E-state index < -0.39 is 18.0 Å². The minimum atomic E-state index is -1.08. The summed E-state index contributed by atoms with van der Waals surface area (Å²) in [6.45, 7) is 2.90. The Balaban J connectivity index is 2.11. The van der Waals surface area contributed by atoms with Crippen molar-refractivity contribution in [1.29, 1.82) is 0 Å². The van der Waals surface area contributed by atoms with Crippen LogP contribution in [0.3, 0.4) is 0 Å². The van der Waals surface area contributed by atoms with E-state index in [1.807, 2.05) is 0 Å². The molecule has 1 atom stereocenters. The molecular formula is C21H23NO7. The summed E-state index contributed by atoms with van der Waals surface area (Å²) in [6, 6.07) is 9.31. The fourth-order valence-electron chi connectivity index (χ4n) is 2.50. The molecule has 154 valence electrons. The highest BCUT2D eigenvalue weighted by Crippen LogP contribution is 2.35. The number of carbonyl (C=O) groups is 3. The van der Waals surface area contributed by atoms with Gasteiger partial charge in [0.25, 0.3) is 5.91 Å². The van der Waals surface area contributed by atoms with Crippen LogP contribution in [-0.4, -0.2) is 45.1 Å². The maximum atomic E-state index is 12.6. The summed E-state index contributed by atoms with van der Waals surface area (Å²) in [5, 5.41) is 2.63. The van der Waals surface area contributed by atoms with Gasteiger partial charge in [-0.15, -0.1) is 0 Å². The van der Waals surface area contributed by atoms with Crippen molar-refractivity contribution in [3.63, 3.8) is 0 Å². The fraction of sp³-hybridized carbons (Fsp3) is 0.286. The van der Waals surface area contributed by atoms with Crippen LogP contribution in [0.1, 0.15) is 34.6 Å². The zero-order valence-electron chi connectivity index (χ0n) is 16.9. The highest BCUT2D eigenvalue weighted by atomic mass is 16.6. The molecule has 0 fully saturated rings. The number of ether oxygens (including phenoxy) is 4. The van der Waals surface area contributed by atoms with Crippen LogP contribution in [-0.2, 0) is 9.53 Å².